The fraction of sp³-hybridized carbons (Fsp3) is 0.308. The van der Waals surface area contributed by atoms with Gasteiger partial charge >= 0.3 is 0 Å². The fourth-order valence-corrected chi connectivity index (χ4v) is 6.75. The second-order valence-electron chi connectivity index (χ2n) is 9.05. The Kier molecular flexibility index (Phi) is 7.38. The summed E-state index contributed by atoms with van der Waals surface area (Å²) in [7, 11) is 0. The molecule has 37 heavy (non-hydrogen) atoms. The number of carbonyl (C=O) groups is 1. The third-order valence-electron chi connectivity index (χ3n) is 6.73. The average Bonchev–Trinajstić information content (AvgIpc) is 3.59. The normalized spacial score (nSPS) is 20.5. The molecule has 2 unspecified atom stereocenters. The number of nitrogens with zero attached hydrogens (tertiary/aromatic N) is 4. The minimum absolute atomic E-state index is 0.0971. The van der Waals surface area contributed by atoms with Crippen molar-refractivity contribution in [2.45, 2.75) is 26.2 Å². The molecule has 1 aliphatic heterocycles. The zero-order valence-corrected chi connectivity index (χ0v) is 21.9. The van der Waals surface area contributed by atoms with E-state index in [2.05, 4.69) is 15.4 Å². The van der Waals surface area contributed by atoms with Crippen molar-refractivity contribution in [3.05, 3.63) is 80.8 Å². The lowest BCUT2D eigenvalue weighted by atomic mass is 9.66. The van der Waals surface area contributed by atoms with E-state index in [9.17, 15) is 13.7 Å². The summed E-state index contributed by atoms with van der Waals surface area (Å²) in [5.74, 6) is -0.417. The van der Waals surface area contributed by atoms with E-state index in [0.717, 1.165) is 35.2 Å². The lowest BCUT2D eigenvalue weighted by Gasteiger charge is -2.44. The molecule has 1 saturated heterocycles. The molecule has 1 fully saturated rings. The van der Waals surface area contributed by atoms with E-state index in [4.69, 9.17) is 5.41 Å². The van der Waals surface area contributed by atoms with Gasteiger partial charge in [0.25, 0.3) is 0 Å². The number of carbonyl (C=O) groups excluding carboxylic acids is 1. The number of aromatic nitrogens is 3. The Bertz CT molecular complexity index is 1350. The molecule has 192 valence electrons. The van der Waals surface area contributed by atoms with Crippen LogP contribution in [0.25, 0.3) is 11.8 Å². The zero-order chi connectivity index (χ0) is 26.0. The fourth-order valence-electron chi connectivity index (χ4n) is 4.89. The first-order valence-electron chi connectivity index (χ1n) is 12.1. The van der Waals surface area contributed by atoms with Gasteiger partial charge in [-0.15, -0.1) is 15.6 Å². The van der Waals surface area contributed by atoms with Crippen molar-refractivity contribution in [3.63, 3.8) is 0 Å². The second kappa shape index (κ2) is 10.7. The molecule has 1 aromatic carbocycles. The van der Waals surface area contributed by atoms with Gasteiger partial charge in [-0.2, -0.15) is 5.10 Å². The molecular formula is C26H27FN6O2S2. The molecule has 0 bridgehead atoms. The minimum atomic E-state index is -1.60. The highest BCUT2D eigenvalue weighted by molar-refractivity contribution is 7.93. The molecule has 2 atom stereocenters. The lowest BCUT2D eigenvalue weighted by Crippen LogP contribution is -2.53. The first-order valence-corrected chi connectivity index (χ1v) is 14.0. The van der Waals surface area contributed by atoms with E-state index in [1.807, 2.05) is 13.0 Å². The van der Waals surface area contributed by atoms with Crippen molar-refractivity contribution in [1.82, 2.24) is 24.4 Å². The molecule has 0 saturated carbocycles. The number of hydrogen-bond donors (Lipinski definition) is 2. The van der Waals surface area contributed by atoms with E-state index in [-0.39, 0.29) is 18.1 Å². The van der Waals surface area contributed by atoms with Crippen LogP contribution in [-0.4, -0.2) is 55.3 Å². The van der Waals surface area contributed by atoms with Crippen LogP contribution in [0.15, 0.2) is 58.7 Å². The van der Waals surface area contributed by atoms with Crippen LogP contribution in [0.2, 0.25) is 0 Å². The molecule has 2 N–H and O–H groups in total. The first-order chi connectivity index (χ1) is 18.0. The maximum atomic E-state index is 14.0. The van der Waals surface area contributed by atoms with Crippen LogP contribution in [0.4, 0.5) is 4.39 Å². The topological polar surface area (TPSA) is 110 Å². The smallest absolute Gasteiger partial charge is 0.207 e. The standard InChI is InChI=1S/C26H27FN6O2S2/c1-2-8-29-16-22(14-28)37(35)32-10-7-19-12-23-18(15-31-33(23)21-5-3-20(27)4-6-21)13-26(19,17-32)24(34)25-30-9-11-36-25/h3-6,9,11-12,14-16,28-29H,2,7-8,10,13,17H2,1H3/b22-16+,28-14?. The Balaban J connectivity index is 1.52. The van der Waals surface area contributed by atoms with Gasteiger partial charge in [0.15, 0.2) is 5.01 Å². The Labute approximate surface area is 221 Å². The number of thiazole rings is 1. The van der Waals surface area contributed by atoms with E-state index in [0.29, 0.717) is 35.8 Å². The summed E-state index contributed by atoms with van der Waals surface area (Å²) in [5, 5.41) is 17.6. The van der Waals surface area contributed by atoms with Gasteiger partial charge in [-0.3, -0.25) is 4.79 Å². The van der Waals surface area contributed by atoms with Gasteiger partial charge < -0.3 is 15.3 Å². The van der Waals surface area contributed by atoms with Crippen LogP contribution in [0.5, 0.6) is 0 Å². The number of ketones is 1. The number of allylic oxidation sites excluding steroid dienone is 1. The molecule has 3 aromatic rings. The summed E-state index contributed by atoms with van der Waals surface area (Å²) < 4.78 is 30.5. The highest BCUT2D eigenvalue weighted by atomic mass is 32.2. The number of Topliss-reactive ketones (excluding diaryl/α,β-unsaturated/α-hetero) is 1. The summed E-state index contributed by atoms with van der Waals surface area (Å²) in [6.07, 6.45) is 9.93. The van der Waals surface area contributed by atoms with Gasteiger partial charge in [-0.05, 0) is 55.2 Å². The van der Waals surface area contributed by atoms with Crippen molar-refractivity contribution in [2.75, 3.05) is 19.6 Å². The Morgan fingerprint density at radius 1 is 1.38 bits per heavy atom. The van der Waals surface area contributed by atoms with Crippen molar-refractivity contribution >= 4 is 40.8 Å². The maximum absolute atomic E-state index is 14.0. The van der Waals surface area contributed by atoms with E-state index < -0.39 is 16.8 Å². The third kappa shape index (κ3) is 4.79. The summed E-state index contributed by atoms with van der Waals surface area (Å²) in [4.78, 5) is 18.7. The molecular weight excluding hydrogens is 511 g/mol. The van der Waals surface area contributed by atoms with E-state index >= 15 is 0 Å². The highest BCUT2D eigenvalue weighted by Gasteiger charge is 2.52. The number of benzene rings is 1. The Morgan fingerprint density at radius 2 is 2.19 bits per heavy atom. The molecule has 3 heterocycles. The monoisotopic (exact) mass is 538 g/mol. The predicted octanol–water partition coefficient (Wildman–Crippen LogP) is 4.14. The number of nitrogens with one attached hydrogen (secondary N) is 2. The largest absolute Gasteiger partial charge is 0.593 e. The van der Waals surface area contributed by atoms with Crippen LogP contribution in [0.3, 0.4) is 0 Å². The predicted molar refractivity (Wildman–Crippen MR) is 144 cm³/mol. The van der Waals surface area contributed by atoms with Crippen LogP contribution in [0.1, 0.15) is 40.8 Å². The zero-order valence-electron chi connectivity index (χ0n) is 20.3. The lowest BCUT2D eigenvalue weighted by molar-refractivity contribution is 0.0776. The highest BCUT2D eigenvalue weighted by Crippen LogP contribution is 2.47. The van der Waals surface area contributed by atoms with Gasteiger partial charge in [-0.1, -0.05) is 12.5 Å². The van der Waals surface area contributed by atoms with E-state index in [1.54, 1.807) is 45.1 Å². The molecule has 2 aliphatic rings. The maximum Gasteiger partial charge on any atom is 0.207 e. The number of halogens is 1. The number of hydrogen-bond acceptors (Lipinski definition) is 8. The number of rotatable bonds is 9. The average molecular weight is 539 g/mol. The molecule has 0 amide bonds. The Morgan fingerprint density at radius 3 is 2.89 bits per heavy atom. The molecule has 5 rings (SSSR count). The van der Waals surface area contributed by atoms with Crippen molar-refractivity contribution in [1.29, 1.82) is 5.41 Å². The Hall–Kier alpha value is -3.12. The van der Waals surface area contributed by atoms with Gasteiger partial charge in [0, 0.05) is 24.7 Å². The van der Waals surface area contributed by atoms with Crippen molar-refractivity contribution < 1.29 is 13.7 Å². The number of fused-ring (bicyclic) bond motifs is 2. The van der Waals surface area contributed by atoms with Crippen LogP contribution >= 0.6 is 11.3 Å². The van der Waals surface area contributed by atoms with Crippen molar-refractivity contribution in [3.8, 4) is 5.69 Å². The SMILES string of the molecule is CCCN/C=C(\C=N)[S+]([O-])N1CCC2=Cc3c(cnn3-c3ccc(F)cc3)CC2(C(=O)c2nccs2)C1. The summed E-state index contributed by atoms with van der Waals surface area (Å²) in [6.45, 7) is 3.47. The van der Waals surface area contributed by atoms with Crippen LogP contribution in [-0.2, 0) is 17.8 Å². The van der Waals surface area contributed by atoms with Crippen LogP contribution in [0, 0.1) is 16.6 Å². The first kappa shape index (κ1) is 25.5. The van der Waals surface area contributed by atoms with Crippen LogP contribution < -0.4 is 5.32 Å². The van der Waals surface area contributed by atoms with Gasteiger partial charge in [0.1, 0.15) is 5.82 Å². The van der Waals surface area contributed by atoms with Crippen molar-refractivity contribution in [2.24, 2.45) is 5.41 Å². The molecule has 8 nitrogen and oxygen atoms in total. The minimum Gasteiger partial charge on any atom is -0.593 e. The van der Waals surface area contributed by atoms with Gasteiger partial charge in [0.2, 0.25) is 10.7 Å². The summed E-state index contributed by atoms with van der Waals surface area (Å²) in [6, 6.07) is 6.14. The molecule has 1 aliphatic carbocycles. The molecule has 0 radical (unpaired) electrons. The molecule has 11 heteroatoms. The third-order valence-corrected chi connectivity index (χ3v) is 8.92. The van der Waals surface area contributed by atoms with E-state index in [1.165, 1.54) is 23.5 Å². The quantitative estimate of drug-likeness (QED) is 0.183. The van der Waals surface area contributed by atoms with Gasteiger partial charge in [-0.25, -0.2) is 14.1 Å². The summed E-state index contributed by atoms with van der Waals surface area (Å²) in [5.41, 5.74) is 2.49. The second-order valence-corrected chi connectivity index (χ2v) is 11.4. The molecule has 2 aromatic heterocycles. The molecule has 0 spiro atoms. The number of piperidine rings is 1. The summed E-state index contributed by atoms with van der Waals surface area (Å²) >= 11 is -0.303. The van der Waals surface area contributed by atoms with Gasteiger partial charge in [0.05, 0.1) is 53.3 Å².